The van der Waals surface area contributed by atoms with Crippen LogP contribution in [0.3, 0.4) is 0 Å². The van der Waals surface area contributed by atoms with Crippen LogP contribution in [0.15, 0.2) is 67.3 Å². The standard InChI is InChI=1S/C17H14Cl2N2/c18-14-7-5-13(6-8-14)16(11-21-10-9-20-12-21)15-3-1-2-4-17(15)19/h1-10,12,16H,11H2. The second-order valence-corrected chi connectivity index (χ2v) is 5.73. The molecule has 0 saturated heterocycles. The molecule has 0 N–H and O–H groups in total. The minimum Gasteiger partial charge on any atom is -0.337 e. The maximum absolute atomic E-state index is 6.39. The smallest absolute Gasteiger partial charge is 0.0946 e. The molecule has 0 saturated carbocycles. The lowest BCUT2D eigenvalue weighted by Crippen LogP contribution is -2.10. The number of rotatable bonds is 4. The normalized spacial score (nSPS) is 12.3. The van der Waals surface area contributed by atoms with Crippen molar-refractivity contribution in [2.45, 2.75) is 12.5 Å². The van der Waals surface area contributed by atoms with Crippen LogP contribution in [0.2, 0.25) is 10.0 Å². The molecule has 0 aliphatic carbocycles. The summed E-state index contributed by atoms with van der Waals surface area (Å²) in [5.74, 6) is 0.158. The van der Waals surface area contributed by atoms with Crippen molar-refractivity contribution in [3.05, 3.63) is 88.4 Å². The van der Waals surface area contributed by atoms with Crippen LogP contribution in [-0.4, -0.2) is 9.55 Å². The van der Waals surface area contributed by atoms with Gasteiger partial charge >= 0.3 is 0 Å². The first-order valence-electron chi connectivity index (χ1n) is 6.69. The van der Waals surface area contributed by atoms with Gasteiger partial charge in [-0.05, 0) is 29.3 Å². The highest BCUT2D eigenvalue weighted by Crippen LogP contribution is 2.32. The van der Waals surface area contributed by atoms with Gasteiger partial charge in [-0.3, -0.25) is 0 Å². The zero-order valence-electron chi connectivity index (χ0n) is 11.3. The predicted octanol–water partition coefficient (Wildman–Crippen LogP) is 5.02. The highest BCUT2D eigenvalue weighted by Gasteiger charge is 2.17. The van der Waals surface area contributed by atoms with Gasteiger partial charge in [0.1, 0.15) is 0 Å². The fraction of sp³-hybridized carbons (Fsp3) is 0.118. The summed E-state index contributed by atoms with van der Waals surface area (Å²) < 4.78 is 2.06. The molecule has 1 aromatic heterocycles. The molecule has 0 amide bonds. The van der Waals surface area contributed by atoms with Crippen LogP contribution in [0, 0.1) is 0 Å². The van der Waals surface area contributed by atoms with Gasteiger partial charge in [-0.15, -0.1) is 0 Å². The van der Waals surface area contributed by atoms with E-state index in [-0.39, 0.29) is 5.92 Å². The molecule has 1 heterocycles. The van der Waals surface area contributed by atoms with Crippen molar-refractivity contribution in [3.8, 4) is 0 Å². The molecule has 1 atom stereocenters. The van der Waals surface area contributed by atoms with Gasteiger partial charge in [0.15, 0.2) is 0 Å². The van der Waals surface area contributed by atoms with Crippen LogP contribution in [0.5, 0.6) is 0 Å². The molecule has 0 aliphatic rings. The third-order valence-electron chi connectivity index (χ3n) is 3.51. The Morgan fingerprint density at radius 2 is 1.76 bits per heavy atom. The fourth-order valence-electron chi connectivity index (χ4n) is 2.44. The largest absolute Gasteiger partial charge is 0.337 e. The number of hydrogen-bond donors (Lipinski definition) is 0. The van der Waals surface area contributed by atoms with E-state index in [2.05, 4.69) is 15.6 Å². The van der Waals surface area contributed by atoms with Gasteiger partial charge in [0.2, 0.25) is 0 Å². The van der Waals surface area contributed by atoms with Gasteiger partial charge in [-0.1, -0.05) is 53.5 Å². The Labute approximate surface area is 134 Å². The van der Waals surface area contributed by atoms with Crippen molar-refractivity contribution in [3.63, 3.8) is 0 Å². The minimum absolute atomic E-state index is 0.158. The van der Waals surface area contributed by atoms with Crippen molar-refractivity contribution in [2.75, 3.05) is 0 Å². The average Bonchev–Trinajstić information content (AvgIpc) is 3.00. The molecule has 0 fully saturated rings. The van der Waals surface area contributed by atoms with Gasteiger partial charge in [0, 0.05) is 34.9 Å². The molecule has 3 aromatic rings. The average molecular weight is 317 g/mol. The zero-order valence-corrected chi connectivity index (χ0v) is 12.8. The second kappa shape index (κ2) is 6.33. The van der Waals surface area contributed by atoms with Crippen LogP contribution in [0.25, 0.3) is 0 Å². The van der Waals surface area contributed by atoms with E-state index in [1.165, 1.54) is 5.56 Å². The molecule has 0 aliphatic heterocycles. The molecule has 106 valence electrons. The van der Waals surface area contributed by atoms with Crippen molar-refractivity contribution < 1.29 is 0 Å². The van der Waals surface area contributed by atoms with Crippen molar-refractivity contribution in [2.24, 2.45) is 0 Å². The van der Waals surface area contributed by atoms with Gasteiger partial charge in [0.25, 0.3) is 0 Å². The van der Waals surface area contributed by atoms with Gasteiger partial charge in [0.05, 0.1) is 6.33 Å². The molecule has 4 heteroatoms. The summed E-state index contributed by atoms with van der Waals surface area (Å²) in [7, 11) is 0. The monoisotopic (exact) mass is 316 g/mol. The van der Waals surface area contributed by atoms with E-state index in [1.807, 2.05) is 55.0 Å². The van der Waals surface area contributed by atoms with Crippen molar-refractivity contribution in [1.82, 2.24) is 9.55 Å². The van der Waals surface area contributed by atoms with Crippen LogP contribution in [-0.2, 0) is 6.54 Å². The number of halogens is 2. The van der Waals surface area contributed by atoms with E-state index < -0.39 is 0 Å². The molecule has 0 spiro atoms. The van der Waals surface area contributed by atoms with Crippen LogP contribution in [0.1, 0.15) is 17.0 Å². The van der Waals surface area contributed by atoms with E-state index in [1.54, 1.807) is 6.20 Å². The van der Waals surface area contributed by atoms with Crippen LogP contribution in [0.4, 0.5) is 0 Å². The van der Waals surface area contributed by atoms with E-state index >= 15 is 0 Å². The zero-order chi connectivity index (χ0) is 14.7. The highest BCUT2D eigenvalue weighted by molar-refractivity contribution is 6.31. The summed E-state index contributed by atoms with van der Waals surface area (Å²) >= 11 is 12.4. The number of imidazole rings is 1. The molecule has 2 nitrogen and oxygen atoms in total. The van der Waals surface area contributed by atoms with Gasteiger partial charge < -0.3 is 4.57 Å². The third kappa shape index (κ3) is 3.29. The number of nitrogens with zero attached hydrogens (tertiary/aromatic N) is 2. The molecule has 2 aromatic carbocycles. The van der Waals surface area contributed by atoms with E-state index in [4.69, 9.17) is 23.2 Å². The number of benzene rings is 2. The quantitative estimate of drug-likeness (QED) is 0.660. The van der Waals surface area contributed by atoms with Gasteiger partial charge in [-0.2, -0.15) is 0 Å². The summed E-state index contributed by atoms with van der Waals surface area (Å²) in [5.41, 5.74) is 2.29. The molecule has 21 heavy (non-hydrogen) atoms. The molecular formula is C17H14Cl2N2. The number of hydrogen-bond acceptors (Lipinski definition) is 1. The van der Waals surface area contributed by atoms with E-state index in [0.29, 0.717) is 0 Å². The summed E-state index contributed by atoms with van der Waals surface area (Å²) in [6.07, 6.45) is 5.56. The molecule has 1 unspecified atom stereocenters. The summed E-state index contributed by atoms with van der Waals surface area (Å²) in [6, 6.07) is 15.9. The third-order valence-corrected chi connectivity index (χ3v) is 4.10. The number of aromatic nitrogens is 2. The molecule has 0 bridgehead atoms. The topological polar surface area (TPSA) is 17.8 Å². The van der Waals surface area contributed by atoms with Crippen LogP contribution >= 0.6 is 23.2 Å². The summed E-state index contributed by atoms with van der Waals surface area (Å²) in [4.78, 5) is 4.11. The minimum atomic E-state index is 0.158. The second-order valence-electron chi connectivity index (χ2n) is 4.89. The lowest BCUT2D eigenvalue weighted by atomic mass is 9.91. The fourth-order valence-corrected chi connectivity index (χ4v) is 2.84. The Hall–Kier alpha value is -1.77. The Morgan fingerprint density at radius 1 is 1.00 bits per heavy atom. The molecule has 3 rings (SSSR count). The summed E-state index contributed by atoms with van der Waals surface area (Å²) in [5, 5.41) is 1.51. The first-order chi connectivity index (χ1) is 10.2. The van der Waals surface area contributed by atoms with E-state index in [9.17, 15) is 0 Å². The first kappa shape index (κ1) is 14.2. The van der Waals surface area contributed by atoms with Crippen molar-refractivity contribution in [1.29, 1.82) is 0 Å². The maximum atomic E-state index is 6.39. The molecule has 0 radical (unpaired) electrons. The lowest BCUT2D eigenvalue weighted by molar-refractivity contribution is 0.624. The lowest BCUT2D eigenvalue weighted by Gasteiger charge is -2.20. The predicted molar refractivity (Wildman–Crippen MR) is 87.0 cm³/mol. The Kier molecular flexibility index (Phi) is 4.28. The highest BCUT2D eigenvalue weighted by atomic mass is 35.5. The SMILES string of the molecule is Clc1ccc(C(Cn2ccnc2)c2ccccc2Cl)cc1. The maximum Gasteiger partial charge on any atom is 0.0946 e. The molecular weight excluding hydrogens is 303 g/mol. The van der Waals surface area contributed by atoms with Crippen LogP contribution < -0.4 is 0 Å². The summed E-state index contributed by atoms with van der Waals surface area (Å²) in [6.45, 7) is 0.783. The van der Waals surface area contributed by atoms with Gasteiger partial charge in [-0.25, -0.2) is 4.98 Å². The van der Waals surface area contributed by atoms with Crippen molar-refractivity contribution >= 4 is 23.2 Å². The first-order valence-corrected chi connectivity index (χ1v) is 7.45. The Bertz CT molecular complexity index is 706. The Morgan fingerprint density at radius 3 is 2.43 bits per heavy atom. The van der Waals surface area contributed by atoms with E-state index in [0.717, 1.165) is 22.2 Å². The Balaban J connectivity index is 2.02.